The molecule has 0 aliphatic rings. The molecule has 12 rings (SSSR count). The minimum atomic E-state index is 1.13. The molecule has 0 spiro atoms. The summed E-state index contributed by atoms with van der Waals surface area (Å²) in [5, 5.41) is 7.46. The Morgan fingerprint density at radius 2 is 0.684 bits per heavy atom. The van der Waals surface area contributed by atoms with Crippen LogP contribution < -0.4 is 0 Å². The van der Waals surface area contributed by atoms with Crippen molar-refractivity contribution in [3.8, 4) is 39.3 Å². The third kappa shape index (κ3) is 4.73. The lowest BCUT2D eigenvalue weighted by Crippen LogP contribution is -1.99. The maximum atomic E-state index is 2.50. The molecule has 3 heterocycles. The molecule has 0 atom stereocenters. The molecule has 0 bridgehead atoms. The topological polar surface area (TPSA) is 14.8 Å². The number of rotatable bonds is 5. The first-order chi connectivity index (χ1) is 28.3. The lowest BCUT2D eigenvalue weighted by molar-refractivity contribution is 1.15. The molecular weight excluding hydrogens is 691 g/mol. The van der Waals surface area contributed by atoms with Crippen LogP contribution in [0.5, 0.6) is 0 Å². The van der Waals surface area contributed by atoms with Gasteiger partial charge in [0.2, 0.25) is 0 Å². The van der Waals surface area contributed by atoms with Crippen LogP contribution in [-0.2, 0) is 0 Å². The zero-order chi connectivity index (χ0) is 37.5. The summed E-state index contributed by atoms with van der Waals surface area (Å²) >= 11 is 0. The van der Waals surface area contributed by atoms with Crippen molar-refractivity contribution in [1.29, 1.82) is 0 Å². The van der Waals surface area contributed by atoms with Crippen LogP contribution in [0.4, 0.5) is 0 Å². The van der Waals surface area contributed by atoms with E-state index in [1.807, 2.05) is 0 Å². The number of hydrogen-bond acceptors (Lipinski definition) is 0. The lowest BCUT2D eigenvalue weighted by Gasteiger charge is -2.15. The van der Waals surface area contributed by atoms with E-state index in [9.17, 15) is 0 Å². The van der Waals surface area contributed by atoms with E-state index in [0.717, 1.165) is 17.1 Å². The van der Waals surface area contributed by atoms with Crippen molar-refractivity contribution < 1.29 is 0 Å². The predicted octanol–water partition coefficient (Wildman–Crippen LogP) is 14.3. The minimum absolute atomic E-state index is 1.13. The molecule has 3 heteroatoms. The third-order valence-electron chi connectivity index (χ3n) is 11.8. The minimum Gasteiger partial charge on any atom is -0.309 e. The predicted molar refractivity (Wildman–Crippen MR) is 240 cm³/mol. The number of fused-ring (bicyclic) bond motifs is 10. The maximum absolute atomic E-state index is 2.50. The van der Waals surface area contributed by atoms with Crippen molar-refractivity contribution in [2.75, 3.05) is 0 Å². The van der Waals surface area contributed by atoms with E-state index in [-0.39, 0.29) is 0 Å². The van der Waals surface area contributed by atoms with Gasteiger partial charge in [0.15, 0.2) is 0 Å². The number of aromatic nitrogens is 3. The number of benzene rings is 9. The highest BCUT2D eigenvalue weighted by molar-refractivity contribution is 6.24. The van der Waals surface area contributed by atoms with Gasteiger partial charge in [-0.05, 0) is 82.9 Å². The van der Waals surface area contributed by atoms with Crippen LogP contribution in [0.1, 0.15) is 0 Å². The summed E-state index contributed by atoms with van der Waals surface area (Å²) in [4.78, 5) is 0. The Morgan fingerprint density at radius 3 is 1.32 bits per heavy atom. The summed E-state index contributed by atoms with van der Waals surface area (Å²) < 4.78 is 7.38. The molecule has 0 fully saturated rings. The van der Waals surface area contributed by atoms with Gasteiger partial charge < -0.3 is 13.7 Å². The Hall–Kier alpha value is -7.62. The molecule has 57 heavy (non-hydrogen) atoms. The van der Waals surface area contributed by atoms with Crippen LogP contribution in [0.15, 0.2) is 212 Å². The average Bonchev–Trinajstić information content (AvgIpc) is 3.93. The standard InChI is InChI=1S/C54H35N3/c1-3-16-36(17-4-1)37-18-13-22-40(34-37)56-48-28-10-7-24-43(48)45-32-33-46-44-25-8-11-29-49(44)57(54(46)53(45)56)41-23-14-19-38(35-41)42-27-15-31-51-52(42)47-26-9-12-30-50(47)55(51)39-20-5-2-6-21-39/h1-35H. The van der Waals surface area contributed by atoms with E-state index in [4.69, 9.17) is 0 Å². The first kappa shape index (κ1) is 31.7. The van der Waals surface area contributed by atoms with Crippen LogP contribution in [0.2, 0.25) is 0 Å². The monoisotopic (exact) mass is 725 g/mol. The van der Waals surface area contributed by atoms with Crippen LogP contribution in [0.3, 0.4) is 0 Å². The Bertz CT molecular complexity index is 3510. The van der Waals surface area contributed by atoms with Gasteiger partial charge in [-0.25, -0.2) is 0 Å². The molecule has 266 valence electrons. The molecule has 3 aromatic heterocycles. The van der Waals surface area contributed by atoms with Crippen LogP contribution in [-0.4, -0.2) is 13.7 Å². The van der Waals surface area contributed by atoms with Crippen molar-refractivity contribution >= 4 is 65.4 Å². The fraction of sp³-hybridized carbons (Fsp3) is 0. The number of para-hydroxylation sites is 4. The molecule has 3 nitrogen and oxygen atoms in total. The van der Waals surface area contributed by atoms with Gasteiger partial charge >= 0.3 is 0 Å². The normalized spacial score (nSPS) is 11.9. The molecule has 0 saturated heterocycles. The summed E-state index contributed by atoms with van der Waals surface area (Å²) in [5.41, 5.74) is 15.4. The van der Waals surface area contributed by atoms with Gasteiger partial charge in [0, 0.05) is 49.4 Å². The third-order valence-corrected chi connectivity index (χ3v) is 11.8. The van der Waals surface area contributed by atoms with Gasteiger partial charge in [0.1, 0.15) is 0 Å². The molecule has 0 amide bonds. The van der Waals surface area contributed by atoms with Gasteiger partial charge in [-0.1, -0.05) is 152 Å². The fourth-order valence-electron chi connectivity index (χ4n) is 9.42. The Morgan fingerprint density at radius 1 is 0.246 bits per heavy atom. The largest absolute Gasteiger partial charge is 0.309 e. The second-order valence-corrected chi connectivity index (χ2v) is 14.9. The highest BCUT2D eigenvalue weighted by Crippen LogP contribution is 2.43. The molecule has 0 aliphatic carbocycles. The van der Waals surface area contributed by atoms with E-state index in [2.05, 4.69) is 226 Å². The van der Waals surface area contributed by atoms with Gasteiger partial charge in [0.05, 0.1) is 33.1 Å². The SMILES string of the molecule is c1ccc(-c2cccc(-n3c4ccccc4c4ccc5c6ccccc6n(-c6cccc(-c7cccc8c7c7ccccc7n8-c7ccccc7)c6)c5c43)c2)cc1. The summed E-state index contributed by atoms with van der Waals surface area (Å²) in [6, 6.07) is 77.4. The van der Waals surface area contributed by atoms with Crippen molar-refractivity contribution in [3.63, 3.8) is 0 Å². The number of nitrogens with zero attached hydrogens (tertiary/aromatic N) is 3. The molecule has 9 aromatic carbocycles. The van der Waals surface area contributed by atoms with Crippen molar-refractivity contribution in [2.24, 2.45) is 0 Å². The van der Waals surface area contributed by atoms with E-state index in [1.54, 1.807) is 0 Å². The quantitative estimate of drug-likeness (QED) is 0.168. The van der Waals surface area contributed by atoms with Gasteiger partial charge in [0.25, 0.3) is 0 Å². The average molecular weight is 726 g/mol. The summed E-state index contributed by atoms with van der Waals surface area (Å²) in [5.74, 6) is 0. The molecule has 12 aromatic rings. The summed E-state index contributed by atoms with van der Waals surface area (Å²) in [7, 11) is 0. The zero-order valence-electron chi connectivity index (χ0n) is 31.0. The molecule has 0 N–H and O–H groups in total. The fourth-order valence-corrected chi connectivity index (χ4v) is 9.42. The summed E-state index contributed by atoms with van der Waals surface area (Å²) in [6.45, 7) is 0. The first-order valence-corrected chi connectivity index (χ1v) is 19.6. The number of hydrogen-bond donors (Lipinski definition) is 0. The second kappa shape index (κ2) is 12.5. The Balaban J connectivity index is 1.15. The summed E-state index contributed by atoms with van der Waals surface area (Å²) in [6.07, 6.45) is 0. The van der Waals surface area contributed by atoms with E-state index in [0.29, 0.717) is 0 Å². The van der Waals surface area contributed by atoms with Crippen LogP contribution in [0, 0.1) is 0 Å². The first-order valence-electron chi connectivity index (χ1n) is 19.6. The van der Waals surface area contributed by atoms with Crippen molar-refractivity contribution in [2.45, 2.75) is 0 Å². The molecule has 0 radical (unpaired) electrons. The van der Waals surface area contributed by atoms with E-state index >= 15 is 0 Å². The van der Waals surface area contributed by atoms with E-state index < -0.39 is 0 Å². The zero-order valence-corrected chi connectivity index (χ0v) is 31.0. The highest BCUT2D eigenvalue weighted by Gasteiger charge is 2.22. The maximum Gasteiger partial charge on any atom is 0.0788 e. The van der Waals surface area contributed by atoms with Gasteiger partial charge in [-0.15, -0.1) is 0 Å². The van der Waals surface area contributed by atoms with Gasteiger partial charge in [-0.3, -0.25) is 0 Å². The van der Waals surface area contributed by atoms with Gasteiger partial charge in [-0.2, -0.15) is 0 Å². The van der Waals surface area contributed by atoms with Crippen LogP contribution >= 0.6 is 0 Å². The van der Waals surface area contributed by atoms with Crippen molar-refractivity contribution in [3.05, 3.63) is 212 Å². The Kier molecular flexibility index (Phi) is 6.93. The van der Waals surface area contributed by atoms with Crippen molar-refractivity contribution in [1.82, 2.24) is 13.7 Å². The Labute approximate surface area is 329 Å². The highest BCUT2D eigenvalue weighted by atomic mass is 15.0. The molecule has 0 unspecified atom stereocenters. The molecule has 0 aliphatic heterocycles. The van der Waals surface area contributed by atoms with E-state index in [1.165, 1.54) is 87.7 Å². The van der Waals surface area contributed by atoms with Crippen LogP contribution in [0.25, 0.3) is 105 Å². The molecule has 0 saturated carbocycles. The smallest absolute Gasteiger partial charge is 0.0788 e. The molecular formula is C54H35N3. The lowest BCUT2D eigenvalue weighted by atomic mass is 9.99. The second-order valence-electron chi connectivity index (χ2n) is 14.9.